The molecule has 2 aliphatic rings. The summed E-state index contributed by atoms with van der Waals surface area (Å²) in [6.07, 6.45) is 1.33. The molecule has 1 aromatic carbocycles. The lowest BCUT2D eigenvalue weighted by molar-refractivity contribution is -0.136. The lowest BCUT2D eigenvalue weighted by Crippen LogP contribution is -2.35. The van der Waals surface area contributed by atoms with Crippen LogP contribution >= 0.6 is 0 Å². The number of hydrogen-bond acceptors (Lipinski definition) is 5. The van der Waals surface area contributed by atoms with E-state index in [0.717, 1.165) is 4.90 Å². The molecule has 6 heteroatoms. The first-order chi connectivity index (χ1) is 9.20. The number of nitrogens with two attached hydrogens (primary N) is 1. The average molecular weight is 260 g/mol. The van der Waals surface area contributed by atoms with Gasteiger partial charge in [-0.3, -0.25) is 14.5 Å². The largest absolute Gasteiger partial charge is 0.454 e. The van der Waals surface area contributed by atoms with Crippen molar-refractivity contribution >= 4 is 17.4 Å². The Labute approximate surface area is 109 Å². The van der Waals surface area contributed by atoms with Gasteiger partial charge in [0.15, 0.2) is 11.5 Å². The molecule has 0 spiro atoms. The molecule has 19 heavy (non-hydrogen) atoms. The van der Waals surface area contributed by atoms with Crippen molar-refractivity contribution in [3.63, 3.8) is 0 Å². The van der Waals surface area contributed by atoms with Gasteiger partial charge in [0, 0.05) is 19.2 Å². The third-order valence-corrected chi connectivity index (χ3v) is 3.05. The number of carbonyl (C=O) groups excluding carboxylic acids is 2. The number of fused-ring (bicyclic) bond motifs is 1. The second kappa shape index (κ2) is 4.40. The molecule has 3 rings (SSSR count). The maximum absolute atomic E-state index is 12.1. The molecule has 0 fully saturated rings. The average Bonchev–Trinajstić information content (AvgIpc) is 2.97. The van der Waals surface area contributed by atoms with Crippen LogP contribution in [0.1, 0.15) is 5.56 Å². The minimum Gasteiger partial charge on any atom is -0.454 e. The highest BCUT2D eigenvalue weighted by Crippen LogP contribution is 2.35. The fourth-order valence-corrected chi connectivity index (χ4v) is 2.12. The van der Waals surface area contributed by atoms with Crippen molar-refractivity contribution in [1.29, 1.82) is 0 Å². The number of imide groups is 1. The standard InChI is InChI=1S/C13H12N2O4/c14-3-4-15-12(16)6-9(13(15)17)8-1-2-10-11(5-8)19-7-18-10/h1-2,5-6H,3-4,7,14H2. The summed E-state index contributed by atoms with van der Waals surface area (Å²) in [6, 6.07) is 5.16. The van der Waals surface area contributed by atoms with Crippen LogP contribution in [-0.2, 0) is 9.59 Å². The van der Waals surface area contributed by atoms with E-state index < -0.39 is 0 Å². The Morgan fingerprint density at radius 1 is 1.21 bits per heavy atom. The van der Waals surface area contributed by atoms with E-state index in [4.69, 9.17) is 15.2 Å². The first-order valence-corrected chi connectivity index (χ1v) is 5.88. The van der Waals surface area contributed by atoms with E-state index in [1.54, 1.807) is 18.2 Å². The van der Waals surface area contributed by atoms with Gasteiger partial charge in [0.05, 0.1) is 5.57 Å². The zero-order chi connectivity index (χ0) is 13.4. The summed E-state index contributed by atoms with van der Waals surface area (Å²) in [7, 11) is 0. The van der Waals surface area contributed by atoms with Crippen LogP contribution in [-0.4, -0.2) is 36.6 Å². The summed E-state index contributed by atoms with van der Waals surface area (Å²) >= 11 is 0. The molecule has 0 bridgehead atoms. The van der Waals surface area contributed by atoms with E-state index in [1.807, 2.05) is 0 Å². The normalized spacial score (nSPS) is 17.1. The maximum atomic E-state index is 12.1. The fraction of sp³-hybridized carbons (Fsp3) is 0.231. The van der Waals surface area contributed by atoms with Crippen molar-refractivity contribution in [1.82, 2.24) is 4.90 Å². The molecule has 0 radical (unpaired) electrons. The van der Waals surface area contributed by atoms with Crippen LogP contribution in [0.4, 0.5) is 0 Å². The minimum absolute atomic E-state index is 0.171. The van der Waals surface area contributed by atoms with Gasteiger partial charge >= 0.3 is 0 Å². The maximum Gasteiger partial charge on any atom is 0.261 e. The van der Waals surface area contributed by atoms with Gasteiger partial charge in [-0.05, 0) is 17.7 Å². The van der Waals surface area contributed by atoms with E-state index in [2.05, 4.69) is 0 Å². The first-order valence-electron chi connectivity index (χ1n) is 5.88. The van der Waals surface area contributed by atoms with Crippen LogP contribution in [0.2, 0.25) is 0 Å². The van der Waals surface area contributed by atoms with Crippen LogP contribution in [0.5, 0.6) is 11.5 Å². The van der Waals surface area contributed by atoms with Gasteiger partial charge in [0.25, 0.3) is 11.8 Å². The van der Waals surface area contributed by atoms with Gasteiger partial charge in [-0.15, -0.1) is 0 Å². The third-order valence-electron chi connectivity index (χ3n) is 3.05. The number of benzene rings is 1. The quantitative estimate of drug-likeness (QED) is 0.781. The highest BCUT2D eigenvalue weighted by molar-refractivity contribution is 6.33. The Morgan fingerprint density at radius 3 is 2.79 bits per heavy atom. The SMILES string of the molecule is NCCN1C(=O)C=C(c2ccc3c(c2)OCO3)C1=O. The Morgan fingerprint density at radius 2 is 2.00 bits per heavy atom. The van der Waals surface area contributed by atoms with Crippen molar-refractivity contribution in [2.45, 2.75) is 0 Å². The van der Waals surface area contributed by atoms with Crippen molar-refractivity contribution in [2.24, 2.45) is 5.73 Å². The smallest absolute Gasteiger partial charge is 0.261 e. The Bertz CT molecular complexity index is 594. The van der Waals surface area contributed by atoms with Crippen molar-refractivity contribution in [3.8, 4) is 11.5 Å². The van der Waals surface area contributed by atoms with Gasteiger partial charge in [-0.1, -0.05) is 6.07 Å². The number of ether oxygens (including phenoxy) is 2. The number of rotatable bonds is 3. The van der Waals surface area contributed by atoms with Gasteiger partial charge in [-0.2, -0.15) is 0 Å². The van der Waals surface area contributed by atoms with E-state index in [1.165, 1.54) is 6.08 Å². The second-order valence-electron chi connectivity index (χ2n) is 4.21. The molecule has 2 aliphatic heterocycles. The lowest BCUT2D eigenvalue weighted by Gasteiger charge is -2.13. The number of hydrogen-bond donors (Lipinski definition) is 1. The minimum atomic E-state index is -0.330. The molecular formula is C13H12N2O4. The van der Waals surface area contributed by atoms with Gasteiger partial charge < -0.3 is 15.2 Å². The predicted molar refractivity (Wildman–Crippen MR) is 66.3 cm³/mol. The molecule has 0 unspecified atom stereocenters. The van der Waals surface area contributed by atoms with Crippen molar-refractivity contribution in [3.05, 3.63) is 29.8 Å². The molecule has 0 aromatic heterocycles. The summed E-state index contributed by atoms with van der Waals surface area (Å²) in [5.41, 5.74) is 6.38. The monoisotopic (exact) mass is 260 g/mol. The number of carbonyl (C=O) groups is 2. The zero-order valence-electron chi connectivity index (χ0n) is 10.1. The van der Waals surface area contributed by atoms with Crippen LogP contribution < -0.4 is 15.2 Å². The highest BCUT2D eigenvalue weighted by atomic mass is 16.7. The van der Waals surface area contributed by atoms with E-state index >= 15 is 0 Å². The fourth-order valence-electron chi connectivity index (χ4n) is 2.12. The second-order valence-corrected chi connectivity index (χ2v) is 4.21. The molecule has 0 atom stereocenters. The third kappa shape index (κ3) is 1.86. The van der Waals surface area contributed by atoms with Crippen LogP contribution in [0.15, 0.2) is 24.3 Å². The topological polar surface area (TPSA) is 81.9 Å². The summed E-state index contributed by atoms with van der Waals surface area (Å²) < 4.78 is 10.5. The molecule has 1 aromatic rings. The first kappa shape index (κ1) is 11.7. The summed E-state index contributed by atoms with van der Waals surface area (Å²) in [5, 5.41) is 0. The molecule has 2 heterocycles. The Hall–Kier alpha value is -2.34. The number of nitrogens with zero attached hydrogens (tertiary/aromatic N) is 1. The molecule has 6 nitrogen and oxygen atoms in total. The van der Waals surface area contributed by atoms with E-state index in [-0.39, 0.29) is 31.7 Å². The Kier molecular flexibility index (Phi) is 2.72. The summed E-state index contributed by atoms with van der Waals surface area (Å²) in [5.74, 6) is 0.563. The molecule has 0 saturated heterocycles. The summed E-state index contributed by atoms with van der Waals surface area (Å²) in [4.78, 5) is 25.0. The van der Waals surface area contributed by atoms with Crippen LogP contribution in [0.3, 0.4) is 0 Å². The molecule has 98 valence electrons. The van der Waals surface area contributed by atoms with Crippen LogP contribution in [0, 0.1) is 0 Å². The molecule has 0 aliphatic carbocycles. The molecule has 2 N–H and O–H groups in total. The number of amides is 2. The molecule has 0 saturated carbocycles. The highest BCUT2D eigenvalue weighted by Gasteiger charge is 2.31. The predicted octanol–water partition coefficient (Wildman–Crippen LogP) is 0.126. The van der Waals surface area contributed by atoms with E-state index in [9.17, 15) is 9.59 Å². The van der Waals surface area contributed by atoms with E-state index in [0.29, 0.717) is 22.6 Å². The van der Waals surface area contributed by atoms with Gasteiger partial charge in [-0.25, -0.2) is 0 Å². The summed E-state index contributed by atoms with van der Waals surface area (Å²) in [6.45, 7) is 0.645. The lowest BCUT2D eigenvalue weighted by atomic mass is 10.1. The molecule has 2 amide bonds. The molecular weight excluding hydrogens is 248 g/mol. The van der Waals surface area contributed by atoms with Crippen molar-refractivity contribution in [2.75, 3.05) is 19.9 Å². The Balaban J connectivity index is 1.93. The van der Waals surface area contributed by atoms with Crippen molar-refractivity contribution < 1.29 is 19.1 Å². The van der Waals surface area contributed by atoms with Crippen LogP contribution in [0.25, 0.3) is 5.57 Å². The van der Waals surface area contributed by atoms with Gasteiger partial charge in [0.1, 0.15) is 0 Å². The van der Waals surface area contributed by atoms with Gasteiger partial charge in [0.2, 0.25) is 6.79 Å². The zero-order valence-corrected chi connectivity index (χ0v) is 10.1.